The largest absolute Gasteiger partial charge is 0.456 e. The molecule has 13 aromatic rings. The maximum absolute atomic E-state index is 6.31. The summed E-state index contributed by atoms with van der Waals surface area (Å²) in [6.45, 7) is 2.35. The zero-order valence-corrected chi connectivity index (χ0v) is 40.1. The number of fused-ring (bicyclic) bond motifs is 12. The predicted molar refractivity (Wildman–Crippen MR) is 302 cm³/mol. The number of para-hydroxylation sites is 3. The predicted octanol–water partition coefficient (Wildman–Crippen LogP) is 18.4. The summed E-state index contributed by atoms with van der Waals surface area (Å²) in [5, 5.41) is 11.8. The van der Waals surface area contributed by atoms with Crippen molar-refractivity contribution in [3.8, 4) is 22.3 Å². The lowest BCUT2D eigenvalue weighted by atomic mass is 9.67. The third-order valence-electron chi connectivity index (χ3n) is 15.5. The van der Waals surface area contributed by atoms with Crippen LogP contribution in [-0.2, 0) is 10.8 Å². The Morgan fingerprint density at radius 3 is 1.42 bits per heavy atom. The highest BCUT2D eigenvalue weighted by molar-refractivity contribution is 6.09. The summed E-state index contributed by atoms with van der Waals surface area (Å²) in [6, 6.07) is 92.9. The van der Waals surface area contributed by atoms with Crippen molar-refractivity contribution in [2.75, 3.05) is 10.6 Å². The molecule has 2 heterocycles. The molecule has 0 atom stereocenters. The van der Waals surface area contributed by atoms with E-state index in [2.05, 4.69) is 248 Å². The van der Waals surface area contributed by atoms with E-state index in [1.165, 1.54) is 61.2 Å². The van der Waals surface area contributed by atoms with E-state index in [9.17, 15) is 0 Å². The van der Waals surface area contributed by atoms with Crippen molar-refractivity contribution in [3.05, 3.63) is 300 Å². The molecule has 0 radical (unpaired) electrons. The molecule has 346 valence electrons. The van der Waals surface area contributed by atoms with E-state index in [1.807, 2.05) is 30.3 Å². The van der Waals surface area contributed by atoms with Crippen molar-refractivity contribution in [3.63, 3.8) is 0 Å². The number of rotatable bonds is 7. The lowest BCUT2D eigenvalue weighted by Gasteiger charge is -2.34. The third-order valence-corrected chi connectivity index (χ3v) is 15.5. The summed E-state index contributed by atoms with van der Waals surface area (Å²) >= 11 is 0. The van der Waals surface area contributed by atoms with Crippen molar-refractivity contribution in [1.29, 1.82) is 0 Å². The molecule has 0 spiro atoms. The van der Waals surface area contributed by atoms with E-state index in [-0.39, 0.29) is 5.41 Å². The Bertz CT molecular complexity index is 4160. The molecule has 0 fully saturated rings. The number of nitrogens with one attached hydrogen (secondary N) is 2. The van der Waals surface area contributed by atoms with Crippen LogP contribution in [0.15, 0.2) is 270 Å². The molecule has 73 heavy (non-hydrogen) atoms. The standard InChI is InChI=1S/C37H25NO.C32H23NO/c1-2-12-25(13-3-1)37(32-20-7-4-16-28(32)29-17-5-8-21-33(29)37)26-14-10-15-27(24-26)38-34-22-11-19-31-30-18-6-9-23-35(30)39-36(31)34;1-32(28-14-5-2-11-24(28)25-12-3-6-15-29(25)32)21-9-8-10-22(19-21)33-23-17-18-31-27(20-23)26-13-4-7-16-30(26)34-31/h1-24,38H;2-20,33H,1H3. The quantitative estimate of drug-likeness (QED) is 0.167. The first-order valence-corrected chi connectivity index (χ1v) is 25.1. The lowest BCUT2D eigenvalue weighted by molar-refractivity contribution is 0.669. The van der Waals surface area contributed by atoms with Gasteiger partial charge in [-0.25, -0.2) is 0 Å². The molecule has 2 aliphatic rings. The number of anilines is 4. The molecule has 0 saturated carbocycles. The normalized spacial score (nSPS) is 13.5. The zero-order chi connectivity index (χ0) is 48.5. The molecule has 0 aliphatic heterocycles. The minimum Gasteiger partial charge on any atom is -0.456 e. The molecular weight excluding hydrogens is 889 g/mol. The van der Waals surface area contributed by atoms with Gasteiger partial charge in [-0.1, -0.05) is 200 Å². The van der Waals surface area contributed by atoms with Gasteiger partial charge in [0.25, 0.3) is 0 Å². The van der Waals surface area contributed by atoms with Crippen LogP contribution in [0.25, 0.3) is 66.1 Å². The summed E-state index contributed by atoms with van der Waals surface area (Å²) in [7, 11) is 0. The van der Waals surface area contributed by atoms with E-state index in [0.717, 1.165) is 66.6 Å². The number of furan rings is 2. The number of hydrogen-bond acceptors (Lipinski definition) is 4. The molecule has 0 bridgehead atoms. The van der Waals surface area contributed by atoms with Gasteiger partial charge in [-0.3, -0.25) is 0 Å². The van der Waals surface area contributed by atoms with Gasteiger partial charge in [0, 0.05) is 44.0 Å². The fourth-order valence-corrected chi connectivity index (χ4v) is 12.2. The van der Waals surface area contributed by atoms with E-state index in [0.29, 0.717) is 0 Å². The number of hydrogen-bond donors (Lipinski definition) is 2. The van der Waals surface area contributed by atoms with Gasteiger partial charge in [0.2, 0.25) is 0 Å². The minimum absolute atomic E-state index is 0.199. The summed E-state index contributed by atoms with van der Waals surface area (Å²) in [4.78, 5) is 0. The Balaban J connectivity index is 0.000000136. The smallest absolute Gasteiger partial charge is 0.158 e. The first-order chi connectivity index (χ1) is 36.1. The van der Waals surface area contributed by atoms with Crippen molar-refractivity contribution >= 4 is 66.6 Å². The van der Waals surface area contributed by atoms with Gasteiger partial charge in [-0.15, -0.1) is 0 Å². The highest BCUT2D eigenvalue weighted by Gasteiger charge is 2.46. The third kappa shape index (κ3) is 6.68. The second-order valence-corrected chi connectivity index (χ2v) is 19.4. The Kier molecular flexibility index (Phi) is 9.84. The molecule has 2 N–H and O–H groups in total. The van der Waals surface area contributed by atoms with Gasteiger partial charge >= 0.3 is 0 Å². The van der Waals surface area contributed by atoms with Gasteiger partial charge in [0.15, 0.2) is 5.58 Å². The number of benzene rings is 11. The van der Waals surface area contributed by atoms with Crippen LogP contribution in [0, 0.1) is 0 Å². The van der Waals surface area contributed by atoms with Crippen LogP contribution >= 0.6 is 0 Å². The minimum atomic E-state index is -0.419. The Morgan fingerprint density at radius 1 is 0.301 bits per heavy atom. The van der Waals surface area contributed by atoms with Gasteiger partial charge in [0.1, 0.15) is 16.7 Å². The lowest BCUT2D eigenvalue weighted by Crippen LogP contribution is -2.28. The zero-order valence-electron chi connectivity index (χ0n) is 40.1. The fraction of sp³-hybridized carbons (Fsp3) is 0.0435. The topological polar surface area (TPSA) is 50.3 Å². The van der Waals surface area contributed by atoms with Gasteiger partial charge < -0.3 is 19.5 Å². The highest BCUT2D eigenvalue weighted by Crippen LogP contribution is 2.57. The maximum atomic E-state index is 6.31. The van der Waals surface area contributed by atoms with Crippen molar-refractivity contribution in [1.82, 2.24) is 0 Å². The first kappa shape index (κ1) is 42.5. The monoisotopic (exact) mass is 936 g/mol. The molecule has 0 amide bonds. The van der Waals surface area contributed by atoms with Crippen LogP contribution in [0.5, 0.6) is 0 Å². The summed E-state index contributed by atoms with van der Waals surface area (Å²) in [6.07, 6.45) is 0. The summed E-state index contributed by atoms with van der Waals surface area (Å²) in [5.74, 6) is 0. The van der Waals surface area contributed by atoms with E-state index in [4.69, 9.17) is 8.83 Å². The van der Waals surface area contributed by atoms with Crippen molar-refractivity contribution in [2.45, 2.75) is 17.8 Å². The van der Waals surface area contributed by atoms with Gasteiger partial charge in [-0.05, 0) is 129 Å². The van der Waals surface area contributed by atoms with Crippen molar-refractivity contribution < 1.29 is 8.83 Å². The molecule has 0 unspecified atom stereocenters. The molecule has 4 nitrogen and oxygen atoms in total. The second kappa shape index (κ2) is 16.9. The van der Waals surface area contributed by atoms with Crippen LogP contribution in [0.3, 0.4) is 0 Å². The average Bonchev–Trinajstić information content (AvgIpc) is 4.19. The average molecular weight is 937 g/mol. The molecule has 4 heteroatoms. The fourth-order valence-electron chi connectivity index (χ4n) is 12.2. The van der Waals surface area contributed by atoms with E-state index < -0.39 is 5.41 Å². The molecule has 11 aromatic carbocycles. The summed E-state index contributed by atoms with van der Waals surface area (Å²) < 4.78 is 12.3. The molecule has 2 aliphatic carbocycles. The van der Waals surface area contributed by atoms with Crippen LogP contribution in [0.2, 0.25) is 0 Å². The first-order valence-electron chi connectivity index (χ1n) is 25.1. The molecule has 2 aromatic heterocycles. The molecular formula is C69H48N2O2. The van der Waals surface area contributed by atoms with Gasteiger partial charge in [-0.2, -0.15) is 0 Å². The second-order valence-electron chi connectivity index (χ2n) is 19.4. The SMILES string of the molecule is CC1(c2cccc(Nc3ccc4oc5ccccc5c4c3)c2)c2ccccc2-c2ccccc21.c1ccc(C2(c3cccc(Nc4cccc5c4oc4ccccc45)c3)c3ccccc3-c3ccccc32)cc1. The van der Waals surface area contributed by atoms with Gasteiger partial charge in [0.05, 0.1) is 11.1 Å². The van der Waals surface area contributed by atoms with E-state index in [1.54, 1.807) is 0 Å². The maximum Gasteiger partial charge on any atom is 0.158 e. The highest BCUT2D eigenvalue weighted by atomic mass is 16.3. The van der Waals surface area contributed by atoms with Crippen molar-refractivity contribution in [2.24, 2.45) is 0 Å². The molecule has 0 saturated heterocycles. The van der Waals surface area contributed by atoms with E-state index >= 15 is 0 Å². The summed E-state index contributed by atoms with van der Waals surface area (Å²) in [5.41, 5.74) is 21.5. The van der Waals surface area contributed by atoms with Crippen LogP contribution in [0.1, 0.15) is 45.9 Å². The van der Waals surface area contributed by atoms with Crippen LogP contribution in [0.4, 0.5) is 22.7 Å². The Labute approximate surface area is 423 Å². The Morgan fingerprint density at radius 2 is 0.753 bits per heavy atom. The molecule has 15 rings (SSSR count). The Hall–Kier alpha value is -9.38. The van der Waals surface area contributed by atoms with Crippen LogP contribution < -0.4 is 10.6 Å². The van der Waals surface area contributed by atoms with Crippen LogP contribution in [-0.4, -0.2) is 0 Å².